The zero-order valence-electron chi connectivity index (χ0n) is 15.5. The van der Waals surface area contributed by atoms with Gasteiger partial charge in [-0.2, -0.15) is 0 Å². The summed E-state index contributed by atoms with van der Waals surface area (Å²) in [6.45, 7) is 6.51. The number of rotatable bonds is 9. The van der Waals surface area contributed by atoms with E-state index in [-0.39, 0.29) is 24.2 Å². The molecule has 0 aliphatic carbocycles. The minimum Gasteiger partial charge on any atom is -0.368 e. The van der Waals surface area contributed by atoms with Crippen LogP contribution in [0.4, 0.5) is 0 Å². The summed E-state index contributed by atoms with van der Waals surface area (Å²) in [7, 11) is 0. The minimum atomic E-state index is -0.715. The topological polar surface area (TPSA) is 38.7 Å². The van der Waals surface area contributed by atoms with Crippen molar-refractivity contribution in [2.75, 3.05) is 0 Å². The lowest BCUT2D eigenvalue weighted by atomic mass is 9.89. The summed E-state index contributed by atoms with van der Waals surface area (Å²) in [5, 5.41) is 10.6. The lowest BCUT2D eigenvalue weighted by Crippen LogP contribution is -2.47. The van der Waals surface area contributed by atoms with Crippen molar-refractivity contribution in [1.82, 2.24) is 0 Å². The van der Waals surface area contributed by atoms with Gasteiger partial charge in [-0.05, 0) is 18.4 Å². The second-order valence-corrected chi connectivity index (χ2v) is 7.07. The van der Waals surface area contributed by atoms with Gasteiger partial charge in [0.1, 0.15) is 0 Å². The molecule has 0 bridgehead atoms. The summed E-state index contributed by atoms with van der Waals surface area (Å²) in [6, 6.07) is 10.3. The van der Waals surface area contributed by atoms with Crippen LogP contribution >= 0.6 is 0 Å². The van der Waals surface area contributed by atoms with E-state index >= 15 is 0 Å². The molecule has 0 amide bonds. The fourth-order valence-corrected chi connectivity index (χ4v) is 3.52. The average molecular weight is 335 g/mol. The quantitative estimate of drug-likeness (QED) is 0.628. The Morgan fingerprint density at radius 1 is 0.958 bits per heavy atom. The molecule has 24 heavy (non-hydrogen) atoms. The summed E-state index contributed by atoms with van der Waals surface area (Å²) in [6.07, 6.45) is 6.82. The summed E-state index contributed by atoms with van der Waals surface area (Å²) >= 11 is 0. The molecule has 136 valence electrons. The molecular formula is C21H34O3. The Kier molecular flexibility index (Phi) is 8.23. The third-order valence-corrected chi connectivity index (χ3v) is 5.14. The third-order valence-electron chi connectivity index (χ3n) is 5.14. The molecule has 0 radical (unpaired) electrons. The monoisotopic (exact) mass is 334 g/mol. The largest absolute Gasteiger partial charge is 0.368 e. The predicted octanol–water partition coefficient (Wildman–Crippen LogP) is 5.24. The van der Waals surface area contributed by atoms with Crippen molar-refractivity contribution in [2.24, 2.45) is 5.92 Å². The van der Waals surface area contributed by atoms with E-state index in [0.717, 1.165) is 32.1 Å². The highest BCUT2D eigenvalue weighted by Gasteiger charge is 2.39. The van der Waals surface area contributed by atoms with Crippen molar-refractivity contribution in [3.63, 3.8) is 0 Å². The van der Waals surface area contributed by atoms with Crippen molar-refractivity contribution >= 4 is 0 Å². The molecule has 1 N–H and O–H groups in total. The molecule has 5 unspecified atom stereocenters. The Labute approximate surface area is 147 Å². The Morgan fingerprint density at radius 2 is 1.67 bits per heavy atom. The lowest BCUT2D eigenvalue weighted by Gasteiger charge is -2.42. The standard InChI is InChI=1S/C21H34O3/c1-4-6-9-15-19-18(14-7-5-2)20(22)24-21(23-19)16(3)17-12-10-8-11-13-17/h8,10-13,16,18-22H,4-7,9,14-15H2,1-3H3. The first kappa shape index (κ1) is 19.4. The van der Waals surface area contributed by atoms with Crippen LogP contribution in [0.25, 0.3) is 0 Å². The van der Waals surface area contributed by atoms with Gasteiger partial charge < -0.3 is 14.6 Å². The first-order valence-corrected chi connectivity index (χ1v) is 9.71. The fraction of sp³-hybridized carbons (Fsp3) is 0.714. The molecule has 1 aromatic rings. The SMILES string of the molecule is CCCCCC1OC(C(C)c2ccccc2)OC(O)C1CCCC. The van der Waals surface area contributed by atoms with Gasteiger partial charge in [0.25, 0.3) is 0 Å². The Balaban J connectivity index is 2.04. The van der Waals surface area contributed by atoms with Crippen molar-refractivity contribution in [1.29, 1.82) is 0 Å². The van der Waals surface area contributed by atoms with Crippen LogP contribution in [0.15, 0.2) is 30.3 Å². The van der Waals surface area contributed by atoms with Gasteiger partial charge in [0.15, 0.2) is 12.6 Å². The second-order valence-electron chi connectivity index (χ2n) is 7.07. The van der Waals surface area contributed by atoms with E-state index < -0.39 is 6.29 Å². The van der Waals surface area contributed by atoms with Gasteiger partial charge in [-0.1, -0.05) is 83.2 Å². The minimum absolute atomic E-state index is 0.0982. The number of hydrogen-bond acceptors (Lipinski definition) is 3. The van der Waals surface area contributed by atoms with Crippen LogP contribution in [0.1, 0.15) is 77.2 Å². The molecule has 0 aromatic heterocycles. The van der Waals surface area contributed by atoms with Gasteiger partial charge in [0, 0.05) is 11.8 Å². The average Bonchev–Trinajstić information content (AvgIpc) is 2.61. The second kappa shape index (κ2) is 10.2. The van der Waals surface area contributed by atoms with Crippen LogP contribution in [-0.2, 0) is 9.47 Å². The van der Waals surface area contributed by atoms with E-state index in [2.05, 4.69) is 32.9 Å². The summed E-state index contributed by atoms with van der Waals surface area (Å²) in [5.74, 6) is 0.211. The molecule has 1 heterocycles. The normalized spacial score (nSPS) is 28.7. The first-order chi connectivity index (χ1) is 11.7. The van der Waals surface area contributed by atoms with Crippen LogP contribution in [0.3, 0.4) is 0 Å². The van der Waals surface area contributed by atoms with Gasteiger partial charge >= 0.3 is 0 Å². The molecule has 3 nitrogen and oxygen atoms in total. The Hall–Kier alpha value is -0.900. The highest BCUT2D eigenvalue weighted by atomic mass is 16.7. The molecule has 1 aliphatic rings. The summed E-state index contributed by atoms with van der Waals surface area (Å²) < 4.78 is 12.2. The van der Waals surface area contributed by atoms with E-state index in [1.807, 2.05) is 18.2 Å². The van der Waals surface area contributed by atoms with Crippen molar-refractivity contribution in [3.05, 3.63) is 35.9 Å². The van der Waals surface area contributed by atoms with Crippen molar-refractivity contribution < 1.29 is 14.6 Å². The van der Waals surface area contributed by atoms with Crippen LogP contribution in [-0.4, -0.2) is 23.8 Å². The zero-order chi connectivity index (χ0) is 17.4. The highest BCUT2D eigenvalue weighted by molar-refractivity contribution is 5.19. The molecule has 0 spiro atoms. The van der Waals surface area contributed by atoms with Crippen LogP contribution in [0.5, 0.6) is 0 Å². The van der Waals surface area contributed by atoms with E-state index in [4.69, 9.17) is 9.47 Å². The van der Waals surface area contributed by atoms with Crippen LogP contribution in [0.2, 0.25) is 0 Å². The molecule has 3 heteroatoms. The van der Waals surface area contributed by atoms with Crippen LogP contribution < -0.4 is 0 Å². The number of hydrogen-bond donors (Lipinski definition) is 1. The highest BCUT2D eigenvalue weighted by Crippen LogP contribution is 2.35. The molecule has 1 aliphatic heterocycles. The molecular weight excluding hydrogens is 300 g/mol. The lowest BCUT2D eigenvalue weighted by molar-refractivity contribution is -0.327. The van der Waals surface area contributed by atoms with Gasteiger partial charge in [-0.3, -0.25) is 0 Å². The number of benzene rings is 1. The van der Waals surface area contributed by atoms with E-state index in [9.17, 15) is 5.11 Å². The van der Waals surface area contributed by atoms with Crippen molar-refractivity contribution in [3.8, 4) is 0 Å². The number of aliphatic hydroxyl groups excluding tert-OH is 1. The van der Waals surface area contributed by atoms with Gasteiger partial charge in [0.2, 0.25) is 0 Å². The summed E-state index contributed by atoms with van der Waals surface area (Å²) in [4.78, 5) is 0. The fourth-order valence-electron chi connectivity index (χ4n) is 3.52. The van der Waals surface area contributed by atoms with Gasteiger partial charge in [-0.15, -0.1) is 0 Å². The number of unbranched alkanes of at least 4 members (excludes halogenated alkanes) is 3. The molecule has 1 fully saturated rings. The predicted molar refractivity (Wildman–Crippen MR) is 97.8 cm³/mol. The third kappa shape index (κ3) is 5.30. The maximum Gasteiger partial charge on any atom is 0.167 e. The van der Waals surface area contributed by atoms with E-state index in [0.29, 0.717) is 0 Å². The smallest absolute Gasteiger partial charge is 0.167 e. The van der Waals surface area contributed by atoms with E-state index in [1.54, 1.807) is 0 Å². The van der Waals surface area contributed by atoms with Crippen molar-refractivity contribution in [2.45, 2.75) is 90.3 Å². The summed E-state index contributed by atoms with van der Waals surface area (Å²) in [5.41, 5.74) is 1.19. The Bertz CT molecular complexity index is 448. The number of aliphatic hydroxyl groups is 1. The number of ether oxygens (including phenoxy) is 2. The zero-order valence-corrected chi connectivity index (χ0v) is 15.5. The molecule has 0 saturated carbocycles. The Morgan fingerprint density at radius 3 is 2.33 bits per heavy atom. The molecule has 1 aromatic carbocycles. The van der Waals surface area contributed by atoms with Crippen LogP contribution in [0, 0.1) is 5.92 Å². The molecule has 2 rings (SSSR count). The van der Waals surface area contributed by atoms with E-state index in [1.165, 1.54) is 18.4 Å². The maximum absolute atomic E-state index is 10.6. The first-order valence-electron chi connectivity index (χ1n) is 9.71. The molecule has 1 saturated heterocycles. The van der Waals surface area contributed by atoms with Gasteiger partial charge in [-0.25, -0.2) is 0 Å². The van der Waals surface area contributed by atoms with Gasteiger partial charge in [0.05, 0.1) is 6.10 Å². The maximum atomic E-state index is 10.6. The molecule has 5 atom stereocenters.